The molecule has 1 aromatic carbocycles. The van der Waals surface area contributed by atoms with Crippen molar-refractivity contribution >= 4 is 27.3 Å². The summed E-state index contributed by atoms with van der Waals surface area (Å²) < 4.78 is 25.8. The number of hydrogen-bond donors (Lipinski definition) is 1. The standard InChI is InChI=1S/C9H11ClN2O4S/c1-6(2)11-17(15,16)7-3-4-8(10)9(5-7)12(13)14/h3-6,11H,1-2H3. The van der Waals surface area contributed by atoms with Crippen molar-refractivity contribution < 1.29 is 13.3 Å². The van der Waals surface area contributed by atoms with Crippen molar-refractivity contribution in [3.05, 3.63) is 33.3 Å². The van der Waals surface area contributed by atoms with E-state index in [9.17, 15) is 18.5 Å². The summed E-state index contributed by atoms with van der Waals surface area (Å²) in [5.74, 6) is 0. The molecule has 1 N–H and O–H groups in total. The molecule has 0 heterocycles. The molecular formula is C9H11ClN2O4S. The molecule has 0 aliphatic carbocycles. The van der Waals surface area contributed by atoms with E-state index in [2.05, 4.69) is 4.72 Å². The number of hydrogen-bond acceptors (Lipinski definition) is 4. The third-order valence-electron chi connectivity index (χ3n) is 1.82. The highest BCUT2D eigenvalue weighted by atomic mass is 35.5. The smallest absolute Gasteiger partial charge is 0.258 e. The molecule has 0 aliphatic heterocycles. The Bertz CT molecular complexity index is 542. The lowest BCUT2D eigenvalue weighted by Gasteiger charge is -2.09. The van der Waals surface area contributed by atoms with Crippen LogP contribution in [0.4, 0.5) is 5.69 Å². The quantitative estimate of drug-likeness (QED) is 0.673. The first-order valence-electron chi connectivity index (χ1n) is 4.70. The van der Waals surface area contributed by atoms with Crippen molar-refractivity contribution in [2.75, 3.05) is 0 Å². The molecule has 0 atom stereocenters. The normalized spacial score (nSPS) is 11.8. The van der Waals surface area contributed by atoms with Crippen LogP contribution in [0.25, 0.3) is 0 Å². The Balaban J connectivity index is 3.25. The van der Waals surface area contributed by atoms with Crippen LogP contribution < -0.4 is 4.72 Å². The third kappa shape index (κ3) is 3.39. The van der Waals surface area contributed by atoms with E-state index in [1.54, 1.807) is 13.8 Å². The van der Waals surface area contributed by atoms with E-state index in [1.807, 2.05) is 0 Å². The van der Waals surface area contributed by atoms with Gasteiger partial charge >= 0.3 is 0 Å². The van der Waals surface area contributed by atoms with Crippen LogP contribution >= 0.6 is 11.6 Å². The molecule has 6 nitrogen and oxygen atoms in total. The fourth-order valence-electron chi connectivity index (χ4n) is 1.18. The van der Waals surface area contributed by atoms with Crippen molar-refractivity contribution in [3.63, 3.8) is 0 Å². The Morgan fingerprint density at radius 1 is 1.41 bits per heavy atom. The van der Waals surface area contributed by atoms with Gasteiger partial charge in [0.25, 0.3) is 5.69 Å². The first-order chi connectivity index (χ1) is 7.74. The van der Waals surface area contributed by atoms with Gasteiger partial charge < -0.3 is 0 Å². The number of benzene rings is 1. The van der Waals surface area contributed by atoms with E-state index in [4.69, 9.17) is 11.6 Å². The Morgan fingerprint density at radius 3 is 2.47 bits per heavy atom. The first-order valence-corrected chi connectivity index (χ1v) is 6.56. The van der Waals surface area contributed by atoms with Crippen LogP contribution in [0.1, 0.15) is 13.8 Å². The lowest BCUT2D eigenvalue weighted by molar-refractivity contribution is -0.384. The van der Waals surface area contributed by atoms with Gasteiger partial charge in [0.15, 0.2) is 0 Å². The van der Waals surface area contributed by atoms with Gasteiger partial charge in [0.1, 0.15) is 5.02 Å². The Kier molecular flexibility index (Phi) is 4.07. The second-order valence-corrected chi connectivity index (χ2v) is 5.77. The maximum Gasteiger partial charge on any atom is 0.289 e. The van der Waals surface area contributed by atoms with Gasteiger partial charge in [-0.3, -0.25) is 10.1 Å². The van der Waals surface area contributed by atoms with E-state index in [-0.39, 0.29) is 16.0 Å². The van der Waals surface area contributed by atoms with Gasteiger partial charge in [-0.2, -0.15) is 0 Å². The minimum Gasteiger partial charge on any atom is -0.258 e. The minimum absolute atomic E-state index is 0.0986. The number of nitrogens with zero attached hydrogens (tertiary/aromatic N) is 1. The zero-order chi connectivity index (χ0) is 13.2. The molecule has 94 valence electrons. The molecule has 1 rings (SSSR count). The molecule has 0 bridgehead atoms. The van der Waals surface area contributed by atoms with E-state index in [0.717, 1.165) is 6.07 Å². The van der Waals surface area contributed by atoms with Gasteiger partial charge in [-0.1, -0.05) is 11.6 Å². The monoisotopic (exact) mass is 278 g/mol. The topological polar surface area (TPSA) is 89.3 Å². The van der Waals surface area contributed by atoms with Crippen LogP contribution in [0, 0.1) is 10.1 Å². The summed E-state index contributed by atoms with van der Waals surface area (Å²) in [7, 11) is -3.75. The van der Waals surface area contributed by atoms with Crippen LogP contribution in [0.2, 0.25) is 5.02 Å². The SMILES string of the molecule is CC(C)NS(=O)(=O)c1ccc(Cl)c([N+](=O)[O-])c1. The van der Waals surface area contributed by atoms with Crippen molar-refractivity contribution in [1.82, 2.24) is 4.72 Å². The number of sulfonamides is 1. The summed E-state index contributed by atoms with van der Waals surface area (Å²) in [6, 6.07) is 3.05. The lowest BCUT2D eigenvalue weighted by Crippen LogP contribution is -2.30. The molecular weight excluding hydrogens is 268 g/mol. The van der Waals surface area contributed by atoms with E-state index >= 15 is 0 Å². The molecule has 0 fully saturated rings. The summed E-state index contributed by atoms with van der Waals surface area (Å²) in [4.78, 5) is 9.73. The maximum absolute atomic E-state index is 11.8. The van der Waals surface area contributed by atoms with E-state index in [1.165, 1.54) is 12.1 Å². The average molecular weight is 279 g/mol. The first kappa shape index (κ1) is 13.9. The molecule has 0 unspecified atom stereocenters. The van der Waals surface area contributed by atoms with Gasteiger partial charge in [-0.15, -0.1) is 0 Å². The van der Waals surface area contributed by atoms with Crippen molar-refractivity contribution in [3.8, 4) is 0 Å². The molecule has 0 spiro atoms. The molecule has 0 saturated heterocycles. The van der Waals surface area contributed by atoms with Gasteiger partial charge in [0.2, 0.25) is 10.0 Å². The summed E-state index contributed by atoms with van der Waals surface area (Å²) in [6.07, 6.45) is 0. The molecule has 0 radical (unpaired) electrons. The molecule has 0 aliphatic rings. The molecule has 1 aromatic rings. The summed E-state index contributed by atoms with van der Waals surface area (Å²) in [6.45, 7) is 3.31. The predicted molar refractivity (Wildman–Crippen MR) is 63.6 cm³/mol. The number of halogens is 1. The number of nitro groups is 1. The van der Waals surface area contributed by atoms with Crippen molar-refractivity contribution in [2.45, 2.75) is 24.8 Å². The second kappa shape index (κ2) is 4.99. The molecule has 0 saturated carbocycles. The Morgan fingerprint density at radius 2 is 2.00 bits per heavy atom. The zero-order valence-corrected chi connectivity index (χ0v) is 10.7. The van der Waals surface area contributed by atoms with Gasteiger partial charge in [0, 0.05) is 12.1 Å². The maximum atomic E-state index is 11.8. The molecule has 0 aromatic heterocycles. The van der Waals surface area contributed by atoms with Crippen LogP contribution in [-0.4, -0.2) is 19.4 Å². The van der Waals surface area contributed by atoms with Crippen molar-refractivity contribution in [2.24, 2.45) is 0 Å². The van der Waals surface area contributed by atoms with Crippen LogP contribution in [-0.2, 0) is 10.0 Å². The Labute approximate surface area is 104 Å². The summed E-state index contributed by atoms with van der Waals surface area (Å²) in [5.41, 5.74) is -0.432. The number of nitrogens with one attached hydrogen (secondary N) is 1. The highest BCUT2D eigenvalue weighted by Gasteiger charge is 2.20. The molecule has 0 amide bonds. The molecule has 8 heteroatoms. The largest absolute Gasteiger partial charge is 0.289 e. The number of rotatable bonds is 4. The highest BCUT2D eigenvalue weighted by Crippen LogP contribution is 2.26. The van der Waals surface area contributed by atoms with Crippen molar-refractivity contribution in [1.29, 1.82) is 0 Å². The molecule has 17 heavy (non-hydrogen) atoms. The van der Waals surface area contributed by atoms with Crippen LogP contribution in [0.15, 0.2) is 23.1 Å². The summed E-state index contributed by atoms with van der Waals surface area (Å²) in [5, 5.41) is 10.5. The number of nitro benzene ring substituents is 1. The second-order valence-electron chi connectivity index (χ2n) is 3.65. The van der Waals surface area contributed by atoms with Crippen LogP contribution in [0.5, 0.6) is 0 Å². The van der Waals surface area contributed by atoms with Crippen LogP contribution in [0.3, 0.4) is 0 Å². The average Bonchev–Trinajstić information content (AvgIpc) is 2.15. The Hall–Kier alpha value is -1.18. The summed E-state index contributed by atoms with van der Waals surface area (Å²) >= 11 is 5.59. The highest BCUT2D eigenvalue weighted by molar-refractivity contribution is 7.89. The predicted octanol–water partition coefficient (Wildman–Crippen LogP) is 1.93. The van der Waals surface area contributed by atoms with Gasteiger partial charge in [0.05, 0.1) is 9.82 Å². The zero-order valence-electron chi connectivity index (χ0n) is 9.18. The lowest BCUT2D eigenvalue weighted by atomic mass is 10.3. The van der Waals surface area contributed by atoms with Gasteiger partial charge in [-0.05, 0) is 26.0 Å². The van der Waals surface area contributed by atoms with E-state index in [0.29, 0.717) is 0 Å². The third-order valence-corrected chi connectivity index (χ3v) is 3.79. The minimum atomic E-state index is -3.75. The fraction of sp³-hybridized carbons (Fsp3) is 0.333. The van der Waals surface area contributed by atoms with E-state index < -0.39 is 20.6 Å². The fourth-order valence-corrected chi connectivity index (χ4v) is 2.64. The van der Waals surface area contributed by atoms with Gasteiger partial charge in [-0.25, -0.2) is 13.1 Å².